The molecule has 2 aromatic carbocycles. The number of hydrogen-bond donors (Lipinski definition) is 0. The summed E-state index contributed by atoms with van der Waals surface area (Å²) >= 11 is 12.0. The Morgan fingerprint density at radius 3 is 2.47 bits per heavy atom. The molecule has 3 aromatic rings. The normalized spacial score (nSPS) is 15.7. The number of alkyl halides is 3. The molecule has 0 aliphatic carbocycles. The fraction of sp³-hybridized carbons (Fsp3) is 0.333. The number of amides is 1. The van der Waals surface area contributed by atoms with Gasteiger partial charge < -0.3 is 9.47 Å². The van der Waals surface area contributed by atoms with Gasteiger partial charge in [0.25, 0.3) is 5.91 Å². The van der Waals surface area contributed by atoms with Crippen molar-refractivity contribution in [2.24, 2.45) is 5.92 Å². The van der Waals surface area contributed by atoms with Gasteiger partial charge in [-0.1, -0.05) is 35.3 Å². The predicted molar refractivity (Wildman–Crippen MR) is 110 cm³/mol. The van der Waals surface area contributed by atoms with Gasteiger partial charge in [0, 0.05) is 24.7 Å². The lowest BCUT2D eigenvalue weighted by Gasteiger charge is -2.32. The van der Waals surface area contributed by atoms with Gasteiger partial charge in [0.05, 0.1) is 21.6 Å². The topological polar surface area (TPSA) is 38.1 Å². The summed E-state index contributed by atoms with van der Waals surface area (Å²) in [5.41, 5.74) is 1.17. The maximum Gasteiger partial charge on any atom is 0.449 e. The summed E-state index contributed by atoms with van der Waals surface area (Å²) in [6.07, 6.45) is -3.33. The lowest BCUT2D eigenvalue weighted by atomic mass is 9.96. The third-order valence-corrected chi connectivity index (χ3v) is 5.96. The molecule has 1 aromatic heterocycles. The van der Waals surface area contributed by atoms with Gasteiger partial charge in [0.15, 0.2) is 0 Å². The van der Waals surface area contributed by atoms with Crippen LogP contribution in [0.4, 0.5) is 13.2 Å². The minimum absolute atomic E-state index is 0.00782. The van der Waals surface area contributed by atoms with E-state index >= 15 is 0 Å². The zero-order valence-electron chi connectivity index (χ0n) is 15.8. The Labute approximate surface area is 181 Å². The maximum atomic E-state index is 13.5. The molecule has 0 bridgehead atoms. The van der Waals surface area contributed by atoms with Gasteiger partial charge in [-0.05, 0) is 49.1 Å². The molecule has 0 unspecified atom stereocenters. The van der Waals surface area contributed by atoms with Gasteiger partial charge in [-0.25, -0.2) is 4.98 Å². The first-order chi connectivity index (χ1) is 14.2. The van der Waals surface area contributed by atoms with Gasteiger partial charge >= 0.3 is 6.18 Å². The van der Waals surface area contributed by atoms with E-state index in [2.05, 4.69) is 4.98 Å². The summed E-state index contributed by atoms with van der Waals surface area (Å²) in [7, 11) is 0. The minimum Gasteiger partial charge on any atom is -0.339 e. The highest BCUT2D eigenvalue weighted by atomic mass is 35.5. The molecule has 1 saturated heterocycles. The second kappa shape index (κ2) is 8.12. The second-order valence-corrected chi connectivity index (χ2v) is 8.24. The molecular formula is C21H18Cl2F3N3O. The molecule has 4 nitrogen and oxygen atoms in total. The largest absolute Gasteiger partial charge is 0.449 e. The van der Waals surface area contributed by atoms with Crippen LogP contribution in [-0.2, 0) is 12.7 Å². The van der Waals surface area contributed by atoms with Crippen LogP contribution < -0.4 is 0 Å². The van der Waals surface area contributed by atoms with Crippen molar-refractivity contribution in [2.45, 2.75) is 25.6 Å². The number of fused-ring (bicyclic) bond motifs is 1. The van der Waals surface area contributed by atoms with Crippen molar-refractivity contribution in [3.63, 3.8) is 0 Å². The fourth-order valence-corrected chi connectivity index (χ4v) is 4.38. The Morgan fingerprint density at radius 1 is 1.10 bits per heavy atom. The average Bonchev–Trinajstić information content (AvgIpc) is 3.07. The molecule has 0 saturated carbocycles. The number of piperidine rings is 1. The van der Waals surface area contributed by atoms with Crippen LogP contribution in [0.1, 0.15) is 29.0 Å². The van der Waals surface area contributed by atoms with Crippen LogP contribution in [0, 0.1) is 5.92 Å². The van der Waals surface area contributed by atoms with E-state index < -0.39 is 12.0 Å². The van der Waals surface area contributed by atoms with E-state index in [1.54, 1.807) is 41.3 Å². The maximum absolute atomic E-state index is 13.5. The van der Waals surface area contributed by atoms with Crippen molar-refractivity contribution in [2.75, 3.05) is 13.1 Å². The number of aromatic nitrogens is 2. The van der Waals surface area contributed by atoms with E-state index in [0.717, 1.165) is 0 Å². The van der Waals surface area contributed by atoms with Crippen LogP contribution in [0.3, 0.4) is 0 Å². The second-order valence-electron chi connectivity index (χ2n) is 7.39. The van der Waals surface area contributed by atoms with Crippen molar-refractivity contribution in [1.29, 1.82) is 0 Å². The number of carbonyl (C=O) groups excluding carboxylic acids is 1. The summed E-state index contributed by atoms with van der Waals surface area (Å²) < 4.78 is 41.8. The predicted octanol–water partition coefficient (Wildman–Crippen LogP) is 5.91. The molecule has 4 rings (SSSR count). The molecule has 0 radical (unpaired) electrons. The number of hydrogen-bond acceptors (Lipinski definition) is 2. The summed E-state index contributed by atoms with van der Waals surface area (Å²) in [6.45, 7) is 1.12. The van der Waals surface area contributed by atoms with E-state index in [4.69, 9.17) is 23.2 Å². The van der Waals surface area contributed by atoms with Crippen LogP contribution in [0.15, 0.2) is 42.5 Å². The summed E-state index contributed by atoms with van der Waals surface area (Å²) in [5.74, 6) is -1.07. The molecule has 1 aliphatic heterocycles. The average molecular weight is 456 g/mol. The molecule has 9 heteroatoms. The smallest absolute Gasteiger partial charge is 0.339 e. The van der Waals surface area contributed by atoms with E-state index in [9.17, 15) is 18.0 Å². The minimum atomic E-state index is -4.53. The van der Waals surface area contributed by atoms with Gasteiger partial charge in [-0.15, -0.1) is 0 Å². The molecule has 0 atom stereocenters. The lowest BCUT2D eigenvalue weighted by molar-refractivity contribution is -0.147. The molecule has 158 valence electrons. The van der Waals surface area contributed by atoms with Gasteiger partial charge in [0.2, 0.25) is 5.82 Å². The Balaban J connectivity index is 1.49. The van der Waals surface area contributed by atoms with E-state index in [0.29, 0.717) is 47.6 Å². The summed E-state index contributed by atoms with van der Waals surface area (Å²) in [4.78, 5) is 18.2. The highest BCUT2D eigenvalue weighted by molar-refractivity contribution is 6.36. The molecule has 2 heterocycles. The van der Waals surface area contributed by atoms with Gasteiger partial charge in [-0.3, -0.25) is 4.79 Å². The quantitative estimate of drug-likeness (QED) is 0.491. The van der Waals surface area contributed by atoms with E-state index in [1.165, 1.54) is 10.6 Å². The van der Waals surface area contributed by atoms with Crippen molar-refractivity contribution in [1.82, 2.24) is 14.5 Å². The zero-order valence-corrected chi connectivity index (χ0v) is 17.3. The molecule has 1 amide bonds. The number of nitrogens with zero attached hydrogens (tertiary/aromatic N) is 3. The summed E-state index contributed by atoms with van der Waals surface area (Å²) in [6, 6.07) is 11.3. The molecule has 1 fully saturated rings. The van der Waals surface area contributed by atoms with Gasteiger partial charge in [-0.2, -0.15) is 13.2 Å². The first-order valence-electron chi connectivity index (χ1n) is 9.51. The first-order valence-corrected chi connectivity index (χ1v) is 10.3. The molecular weight excluding hydrogens is 438 g/mol. The van der Waals surface area contributed by atoms with Crippen molar-refractivity contribution in [3.8, 4) is 0 Å². The standard InChI is InChI=1S/C21H18Cl2F3N3O/c22-14-5-6-15(16(23)11-14)19(30)28-9-7-13(8-10-28)12-29-18-4-2-1-3-17(18)27-20(29)21(24,25)26/h1-6,11,13H,7-10,12H2. The SMILES string of the molecule is O=C(c1ccc(Cl)cc1Cl)N1CCC(Cn2c(C(F)(F)F)nc3ccccc32)CC1. The Morgan fingerprint density at radius 2 is 1.80 bits per heavy atom. The van der Waals surface area contributed by atoms with Crippen LogP contribution in [-0.4, -0.2) is 33.4 Å². The monoisotopic (exact) mass is 455 g/mol. The van der Waals surface area contributed by atoms with E-state index in [-0.39, 0.29) is 23.4 Å². The fourth-order valence-electron chi connectivity index (χ4n) is 3.89. The number of rotatable bonds is 3. The number of carbonyl (C=O) groups is 1. The number of para-hydroxylation sites is 2. The van der Waals surface area contributed by atoms with Crippen molar-refractivity contribution < 1.29 is 18.0 Å². The lowest BCUT2D eigenvalue weighted by Crippen LogP contribution is -2.39. The van der Waals surface area contributed by atoms with Crippen molar-refractivity contribution >= 4 is 40.1 Å². The van der Waals surface area contributed by atoms with Crippen LogP contribution >= 0.6 is 23.2 Å². The highest BCUT2D eigenvalue weighted by Gasteiger charge is 2.38. The third kappa shape index (κ3) is 4.14. The summed E-state index contributed by atoms with van der Waals surface area (Å²) in [5, 5.41) is 0.734. The molecule has 0 N–H and O–H groups in total. The number of likely N-dealkylation sites (tertiary alicyclic amines) is 1. The molecule has 0 spiro atoms. The highest BCUT2D eigenvalue weighted by Crippen LogP contribution is 2.33. The van der Waals surface area contributed by atoms with Crippen LogP contribution in [0.2, 0.25) is 10.0 Å². The van der Waals surface area contributed by atoms with Crippen molar-refractivity contribution in [3.05, 3.63) is 63.9 Å². The Hall–Kier alpha value is -2.25. The molecule has 30 heavy (non-hydrogen) atoms. The third-order valence-electron chi connectivity index (χ3n) is 5.41. The van der Waals surface area contributed by atoms with E-state index in [1.807, 2.05) is 0 Å². The number of benzene rings is 2. The first kappa shape index (κ1) is 21.0. The zero-order chi connectivity index (χ0) is 21.5. The van der Waals surface area contributed by atoms with Gasteiger partial charge in [0.1, 0.15) is 0 Å². The Kier molecular flexibility index (Phi) is 5.68. The molecule has 1 aliphatic rings. The Bertz CT molecular complexity index is 1090. The number of imidazole rings is 1. The van der Waals surface area contributed by atoms with Crippen LogP contribution in [0.5, 0.6) is 0 Å². The van der Waals surface area contributed by atoms with Crippen LogP contribution in [0.25, 0.3) is 11.0 Å². The number of halogens is 5.